The Labute approximate surface area is 220 Å². The molecule has 0 saturated heterocycles. The molecule has 38 heavy (non-hydrogen) atoms. The molecular weight excluding hydrogens is 488 g/mol. The van der Waals surface area contributed by atoms with Gasteiger partial charge in [-0.2, -0.15) is 0 Å². The van der Waals surface area contributed by atoms with Crippen LogP contribution in [-0.4, -0.2) is 47.3 Å². The highest BCUT2D eigenvalue weighted by Gasteiger charge is 2.20. The second-order valence-electron chi connectivity index (χ2n) is 8.43. The Morgan fingerprint density at radius 2 is 1.68 bits per heavy atom. The molecule has 196 valence electrons. The SMILES string of the molecule is COc1cccc(OC(=O)N(CC(=O)O)Cc2ccc(OCCc3nc(-c4ccccc4)oc3C)cc2)c1. The molecule has 9 heteroatoms. The number of benzene rings is 3. The molecule has 0 unspecified atom stereocenters. The van der Waals surface area contributed by atoms with Gasteiger partial charge in [0, 0.05) is 24.6 Å². The molecule has 0 atom stereocenters. The molecule has 1 aromatic heterocycles. The van der Waals surface area contributed by atoms with Crippen molar-refractivity contribution in [2.45, 2.75) is 19.9 Å². The summed E-state index contributed by atoms with van der Waals surface area (Å²) in [5, 5.41) is 9.28. The highest BCUT2D eigenvalue weighted by molar-refractivity contribution is 5.78. The average molecular weight is 517 g/mol. The third-order valence-electron chi connectivity index (χ3n) is 5.65. The molecule has 0 bridgehead atoms. The van der Waals surface area contributed by atoms with E-state index in [0.29, 0.717) is 30.4 Å². The maximum absolute atomic E-state index is 12.7. The van der Waals surface area contributed by atoms with Crippen molar-refractivity contribution in [3.05, 3.63) is 95.9 Å². The largest absolute Gasteiger partial charge is 0.497 e. The van der Waals surface area contributed by atoms with E-state index in [4.69, 9.17) is 18.6 Å². The number of amides is 1. The number of hydrogen-bond acceptors (Lipinski definition) is 7. The van der Waals surface area contributed by atoms with E-state index in [1.807, 2.05) is 37.3 Å². The molecule has 4 rings (SSSR count). The summed E-state index contributed by atoms with van der Waals surface area (Å²) >= 11 is 0. The van der Waals surface area contributed by atoms with Crippen LogP contribution in [0.1, 0.15) is 17.0 Å². The Hall–Kier alpha value is -4.79. The summed E-state index contributed by atoms with van der Waals surface area (Å²) in [5.41, 5.74) is 2.48. The van der Waals surface area contributed by atoms with Crippen LogP contribution in [-0.2, 0) is 17.8 Å². The van der Waals surface area contributed by atoms with Crippen LogP contribution in [0.15, 0.2) is 83.3 Å². The number of aryl methyl sites for hydroxylation is 1. The second-order valence-corrected chi connectivity index (χ2v) is 8.43. The van der Waals surface area contributed by atoms with Crippen molar-refractivity contribution in [3.63, 3.8) is 0 Å². The van der Waals surface area contributed by atoms with Crippen molar-refractivity contribution in [1.29, 1.82) is 0 Å². The molecule has 0 fully saturated rings. The lowest BCUT2D eigenvalue weighted by Crippen LogP contribution is -2.37. The van der Waals surface area contributed by atoms with Gasteiger partial charge in [-0.3, -0.25) is 9.69 Å². The van der Waals surface area contributed by atoms with Gasteiger partial charge in [-0.05, 0) is 48.9 Å². The quantitative estimate of drug-likeness (QED) is 0.283. The van der Waals surface area contributed by atoms with Crippen molar-refractivity contribution in [2.75, 3.05) is 20.3 Å². The smallest absolute Gasteiger partial charge is 0.416 e. The number of carboxylic acids is 1. The van der Waals surface area contributed by atoms with Gasteiger partial charge in [-0.25, -0.2) is 9.78 Å². The molecular formula is C29H28N2O7. The fourth-order valence-corrected chi connectivity index (χ4v) is 3.72. The van der Waals surface area contributed by atoms with Crippen LogP contribution in [0.4, 0.5) is 4.79 Å². The summed E-state index contributed by atoms with van der Waals surface area (Å²) in [6.45, 7) is 1.82. The molecule has 0 radical (unpaired) electrons. The number of carbonyl (C=O) groups is 2. The van der Waals surface area contributed by atoms with E-state index in [9.17, 15) is 14.7 Å². The van der Waals surface area contributed by atoms with Gasteiger partial charge in [0.25, 0.3) is 0 Å². The predicted octanol–water partition coefficient (Wildman–Crippen LogP) is 5.37. The van der Waals surface area contributed by atoms with E-state index in [-0.39, 0.29) is 12.3 Å². The van der Waals surface area contributed by atoms with Crippen LogP contribution >= 0.6 is 0 Å². The third-order valence-corrected chi connectivity index (χ3v) is 5.65. The van der Waals surface area contributed by atoms with Gasteiger partial charge in [-0.15, -0.1) is 0 Å². The Balaban J connectivity index is 1.33. The Morgan fingerprint density at radius 3 is 2.39 bits per heavy atom. The molecule has 0 spiro atoms. The van der Waals surface area contributed by atoms with Gasteiger partial charge in [0.15, 0.2) is 0 Å². The number of rotatable bonds is 11. The van der Waals surface area contributed by atoms with Crippen LogP contribution in [0.25, 0.3) is 11.5 Å². The van der Waals surface area contributed by atoms with Crippen LogP contribution in [0.2, 0.25) is 0 Å². The molecule has 0 aliphatic carbocycles. The van der Waals surface area contributed by atoms with Crippen molar-refractivity contribution in [2.24, 2.45) is 0 Å². The molecule has 3 aromatic carbocycles. The average Bonchev–Trinajstić information content (AvgIpc) is 3.30. The van der Waals surface area contributed by atoms with Crippen molar-refractivity contribution >= 4 is 12.1 Å². The van der Waals surface area contributed by atoms with Gasteiger partial charge in [-0.1, -0.05) is 36.4 Å². The van der Waals surface area contributed by atoms with Crippen molar-refractivity contribution in [1.82, 2.24) is 9.88 Å². The number of ether oxygens (including phenoxy) is 3. The van der Waals surface area contributed by atoms with Crippen molar-refractivity contribution < 1.29 is 33.3 Å². The number of hydrogen-bond donors (Lipinski definition) is 1. The number of methoxy groups -OCH3 is 1. The summed E-state index contributed by atoms with van der Waals surface area (Å²) in [6.07, 6.45) is -0.203. The van der Waals surface area contributed by atoms with Crippen molar-refractivity contribution in [3.8, 4) is 28.7 Å². The minimum atomic E-state index is -1.15. The number of aromatic nitrogens is 1. The number of aliphatic carboxylic acids is 1. The summed E-state index contributed by atoms with van der Waals surface area (Å²) in [5.74, 6) is 1.60. The molecule has 4 aromatic rings. The van der Waals surface area contributed by atoms with E-state index < -0.39 is 18.6 Å². The van der Waals surface area contributed by atoms with E-state index in [1.54, 1.807) is 48.5 Å². The molecule has 0 saturated carbocycles. The fraction of sp³-hybridized carbons (Fsp3) is 0.207. The summed E-state index contributed by atoms with van der Waals surface area (Å²) in [4.78, 5) is 29.7. The lowest BCUT2D eigenvalue weighted by atomic mass is 10.2. The Morgan fingerprint density at radius 1 is 0.947 bits per heavy atom. The standard InChI is InChI=1S/C29H28N2O7/c1-20-26(30-28(37-20)22-7-4-3-5-8-22)15-16-36-23-13-11-21(12-14-23)18-31(19-27(32)33)29(34)38-25-10-6-9-24(17-25)35-2/h3-14,17H,15-16,18-19H2,1-2H3,(H,32,33). The molecule has 9 nitrogen and oxygen atoms in total. The zero-order chi connectivity index (χ0) is 26.9. The van der Waals surface area contributed by atoms with Crippen LogP contribution in [0, 0.1) is 6.92 Å². The van der Waals surface area contributed by atoms with E-state index >= 15 is 0 Å². The van der Waals surface area contributed by atoms with Gasteiger partial charge in [0.05, 0.1) is 19.4 Å². The van der Waals surface area contributed by atoms with Crippen LogP contribution < -0.4 is 14.2 Å². The Bertz CT molecular complexity index is 1370. The molecule has 0 aliphatic rings. The van der Waals surface area contributed by atoms with E-state index in [1.165, 1.54) is 7.11 Å². The highest BCUT2D eigenvalue weighted by atomic mass is 16.6. The Kier molecular flexibility index (Phi) is 8.61. The highest BCUT2D eigenvalue weighted by Crippen LogP contribution is 2.23. The fourth-order valence-electron chi connectivity index (χ4n) is 3.72. The van der Waals surface area contributed by atoms with Gasteiger partial charge >= 0.3 is 12.1 Å². The minimum Gasteiger partial charge on any atom is -0.497 e. The second kappa shape index (κ2) is 12.4. The third kappa shape index (κ3) is 7.13. The topological polar surface area (TPSA) is 111 Å². The van der Waals surface area contributed by atoms with Crippen LogP contribution in [0.3, 0.4) is 0 Å². The number of nitrogens with zero attached hydrogens (tertiary/aromatic N) is 2. The van der Waals surface area contributed by atoms with Gasteiger partial charge in [0.1, 0.15) is 29.6 Å². The summed E-state index contributed by atoms with van der Waals surface area (Å²) in [7, 11) is 1.50. The lowest BCUT2D eigenvalue weighted by Gasteiger charge is -2.20. The molecule has 1 amide bonds. The zero-order valence-electron chi connectivity index (χ0n) is 21.1. The summed E-state index contributed by atoms with van der Waals surface area (Å²) in [6, 6.07) is 23.3. The first-order valence-electron chi connectivity index (χ1n) is 12.0. The van der Waals surface area contributed by atoms with Gasteiger partial charge in [0.2, 0.25) is 5.89 Å². The summed E-state index contributed by atoms with van der Waals surface area (Å²) < 4.78 is 22.1. The monoisotopic (exact) mass is 516 g/mol. The number of oxazole rings is 1. The van der Waals surface area contributed by atoms with Gasteiger partial charge < -0.3 is 23.7 Å². The van der Waals surface area contributed by atoms with E-state index in [0.717, 1.165) is 27.5 Å². The lowest BCUT2D eigenvalue weighted by molar-refractivity contribution is -0.138. The van der Waals surface area contributed by atoms with Crippen LogP contribution in [0.5, 0.6) is 17.2 Å². The number of carboxylic acid groups (broad SMARTS) is 1. The minimum absolute atomic E-state index is 0.0514. The van der Waals surface area contributed by atoms with E-state index in [2.05, 4.69) is 4.98 Å². The maximum atomic E-state index is 12.7. The maximum Gasteiger partial charge on any atom is 0.416 e. The molecule has 0 aliphatic heterocycles. The first kappa shape index (κ1) is 26.3. The number of carbonyl (C=O) groups excluding carboxylic acids is 1. The zero-order valence-corrected chi connectivity index (χ0v) is 21.1. The predicted molar refractivity (Wildman–Crippen MR) is 139 cm³/mol. The normalized spacial score (nSPS) is 10.6. The first-order valence-corrected chi connectivity index (χ1v) is 12.0. The first-order chi connectivity index (χ1) is 18.4. The molecule has 1 N–H and O–H groups in total. The molecule has 1 heterocycles.